The van der Waals surface area contributed by atoms with Gasteiger partial charge in [-0.25, -0.2) is 4.99 Å². The summed E-state index contributed by atoms with van der Waals surface area (Å²) >= 11 is 0. The number of halogens is 1. The Bertz CT molecular complexity index is 809. The van der Waals surface area contributed by atoms with Gasteiger partial charge in [0.2, 0.25) is 0 Å². The first kappa shape index (κ1) is 27.2. The van der Waals surface area contributed by atoms with Crippen molar-refractivity contribution >= 4 is 29.9 Å². The number of rotatable bonds is 12. The number of aromatic nitrogens is 3. The van der Waals surface area contributed by atoms with Gasteiger partial charge in [-0.15, -0.1) is 34.2 Å². The summed E-state index contributed by atoms with van der Waals surface area (Å²) in [5, 5.41) is 15.1. The molecule has 0 radical (unpaired) electrons. The SMILES string of the molecule is CCCCNC(=NCc1ccc(C)cc1OCCOCC)NCc1nnc(C)n1C.I. The predicted octanol–water partition coefficient (Wildman–Crippen LogP) is 3.50. The van der Waals surface area contributed by atoms with Crippen molar-refractivity contribution in [2.75, 3.05) is 26.4 Å². The molecule has 0 spiro atoms. The highest BCUT2D eigenvalue weighted by Crippen LogP contribution is 2.21. The minimum absolute atomic E-state index is 0. The zero-order valence-electron chi connectivity index (χ0n) is 19.4. The maximum atomic E-state index is 5.94. The minimum atomic E-state index is 0. The smallest absolute Gasteiger partial charge is 0.191 e. The van der Waals surface area contributed by atoms with Crippen LogP contribution in [0.2, 0.25) is 0 Å². The predicted molar refractivity (Wildman–Crippen MR) is 135 cm³/mol. The van der Waals surface area contributed by atoms with E-state index in [2.05, 4.69) is 52.9 Å². The van der Waals surface area contributed by atoms with Crippen LogP contribution < -0.4 is 15.4 Å². The highest BCUT2D eigenvalue weighted by molar-refractivity contribution is 14.0. The molecule has 0 bridgehead atoms. The summed E-state index contributed by atoms with van der Waals surface area (Å²) in [5.41, 5.74) is 2.20. The van der Waals surface area contributed by atoms with E-state index in [4.69, 9.17) is 14.5 Å². The first-order valence-corrected chi connectivity index (χ1v) is 10.7. The van der Waals surface area contributed by atoms with Crippen molar-refractivity contribution in [1.29, 1.82) is 0 Å². The lowest BCUT2D eigenvalue weighted by Gasteiger charge is -2.14. The standard InChI is InChI=1S/C22H36N6O2.HI/c1-6-8-11-23-22(25-16-21-27-26-18(4)28(21)5)24-15-19-10-9-17(3)14-20(19)30-13-12-29-7-2;/h9-10,14H,6-8,11-13,15-16H2,1-5H3,(H2,23,24,25);1H. The molecule has 1 aromatic heterocycles. The highest BCUT2D eigenvalue weighted by atomic mass is 127. The van der Waals surface area contributed by atoms with Gasteiger partial charge < -0.3 is 24.7 Å². The molecular formula is C22H37IN6O2. The largest absolute Gasteiger partial charge is 0.491 e. The Balaban J connectivity index is 0.00000480. The number of unbranched alkanes of at least 4 members (excludes halogenated alkanes) is 1. The van der Waals surface area contributed by atoms with Crippen LogP contribution >= 0.6 is 24.0 Å². The summed E-state index contributed by atoms with van der Waals surface area (Å²) in [6.45, 7) is 11.9. The summed E-state index contributed by atoms with van der Waals surface area (Å²) < 4.78 is 13.3. The van der Waals surface area contributed by atoms with Crippen LogP contribution in [-0.4, -0.2) is 47.1 Å². The molecule has 0 unspecified atom stereocenters. The maximum absolute atomic E-state index is 5.94. The molecule has 2 aromatic rings. The van der Waals surface area contributed by atoms with Crippen molar-refractivity contribution in [1.82, 2.24) is 25.4 Å². The van der Waals surface area contributed by atoms with E-state index in [0.717, 1.165) is 53.9 Å². The fourth-order valence-corrected chi connectivity index (χ4v) is 2.77. The van der Waals surface area contributed by atoms with Gasteiger partial charge in [0.25, 0.3) is 0 Å². The zero-order valence-corrected chi connectivity index (χ0v) is 21.7. The summed E-state index contributed by atoms with van der Waals surface area (Å²) in [6, 6.07) is 6.21. The summed E-state index contributed by atoms with van der Waals surface area (Å²) in [5.74, 6) is 3.37. The third-order valence-corrected chi connectivity index (χ3v) is 4.74. The second-order valence-electron chi connectivity index (χ2n) is 7.18. The Morgan fingerprint density at radius 2 is 1.94 bits per heavy atom. The number of aliphatic imine (C=N–C) groups is 1. The van der Waals surface area contributed by atoms with Crippen LogP contribution in [0.1, 0.15) is 49.5 Å². The van der Waals surface area contributed by atoms with Crippen molar-refractivity contribution < 1.29 is 9.47 Å². The van der Waals surface area contributed by atoms with Crippen LogP contribution in [0.15, 0.2) is 23.2 Å². The lowest BCUT2D eigenvalue weighted by atomic mass is 10.1. The number of nitrogens with one attached hydrogen (secondary N) is 2. The van der Waals surface area contributed by atoms with E-state index in [1.54, 1.807) is 0 Å². The van der Waals surface area contributed by atoms with Gasteiger partial charge in [-0.2, -0.15) is 0 Å². The zero-order chi connectivity index (χ0) is 21.8. The van der Waals surface area contributed by atoms with Gasteiger partial charge in [-0.05, 0) is 38.8 Å². The van der Waals surface area contributed by atoms with Gasteiger partial charge in [0.1, 0.15) is 18.2 Å². The average molecular weight is 544 g/mol. The van der Waals surface area contributed by atoms with Gasteiger partial charge in [0.05, 0.1) is 19.7 Å². The molecule has 0 fully saturated rings. The summed E-state index contributed by atoms with van der Waals surface area (Å²) in [7, 11) is 1.96. The lowest BCUT2D eigenvalue weighted by molar-refractivity contribution is 0.110. The second kappa shape index (κ2) is 15.0. The fraction of sp³-hybridized carbons (Fsp3) is 0.591. The second-order valence-corrected chi connectivity index (χ2v) is 7.18. The number of hydrogen-bond donors (Lipinski definition) is 2. The molecule has 0 amide bonds. The normalized spacial score (nSPS) is 11.2. The summed E-state index contributed by atoms with van der Waals surface area (Å²) in [6.07, 6.45) is 2.21. The molecule has 0 atom stereocenters. The van der Waals surface area contributed by atoms with Crippen LogP contribution in [0.3, 0.4) is 0 Å². The molecule has 0 saturated carbocycles. The molecule has 1 heterocycles. The van der Waals surface area contributed by atoms with Gasteiger partial charge in [-0.1, -0.05) is 25.5 Å². The van der Waals surface area contributed by atoms with Crippen molar-refractivity contribution in [2.24, 2.45) is 12.0 Å². The molecule has 0 aliphatic heterocycles. The molecule has 8 nitrogen and oxygen atoms in total. The van der Waals surface area contributed by atoms with E-state index in [1.165, 1.54) is 0 Å². The van der Waals surface area contributed by atoms with Crippen LogP contribution in [0.5, 0.6) is 5.75 Å². The quantitative estimate of drug-likeness (QED) is 0.184. The number of nitrogens with zero attached hydrogens (tertiary/aromatic N) is 4. The monoisotopic (exact) mass is 544 g/mol. The van der Waals surface area contributed by atoms with E-state index in [-0.39, 0.29) is 24.0 Å². The Hall–Kier alpha value is -1.88. The topological polar surface area (TPSA) is 85.6 Å². The van der Waals surface area contributed by atoms with Gasteiger partial charge in [0, 0.05) is 25.8 Å². The number of ether oxygens (including phenoxy) is 2. The molecule has 0 aliphatic rings. The molecule has 2 N–H and O–H groups in total. The van der Waals surface area contributed by atoms with E-state index in [1.807, 2.05) is 25.5 Å². The van der Waals surface area contributed by atoms with Gasteiger partial charge >= 0.3 is 0 Å². The van der Waals surface area contributed by atoms with Crippen molar-refractivity contribution in [3.8, 4) is 5.75 Å². The van der Waals surface area contributed by atoms with Crippen LogP contribution in [0.25, 0.3) is 0 Å². The lowest BCUT2D eigenvalue weighted by Crippen LogP contribution is -2.38. The molecule has 2 rings (SSSR count). The van der Waals surface area contributed by atoms with Crippen LogP contribution in [0, 0.1) is 13.8 Å². The first-order valence-electron chi connectivity index (χ1n) is 10.7. The molecule has 174 valence electrons. The Kier molecular flexibility index (Phi) is 13.1. The number of aryl methyl sites for hydroxylation is 2. The molecule has 0 saturated heterocycles. The molecular weight excluding hydrogens is 507 g/mol. The van der Waals surface area contributed by atoms with Crippen molar-refractivity contribution in [3.05, 3.63) is 41.0 Å². The van der Waals surface area contributed by atoms with E-state index in [9.17, 15) is 0 Å². The van der Waals surface area contributed by atoms with E-state index >= 15 is 0 Å². The van der Waals surface area contributed by atoms with Gasteiger partial charge in [0.15, 0.2) is 11.8 Å². The summed E-state index contributed by atoms with van der Waals surface area (Å²) in [4.78, 5) is 4.78. The van der Waals surface area contributed by atoms with Crippen molar-refractivity contribution in [2.45, 2.75) is 53.6 Å². The van der Waals surface area contributed by atoms with Crippen molar-refractivity contribution in [3.63, 3.8) is 0 Å². The van der Waals surface area contributed by atoms with E-state index < -0.39 is 0 Å². The minimum Gasteiger partial charge on any atom is -0.491 e. The van der Waals surface area contributed by atoms with Crippen LogP contribution in [-0.2, 0) is 24.9 Å². The Morgan fingerprint density at radius 3 is 2.61 bits per heavy atom. The first-order chi connectivity index (χ1) is 14.5. The average Bonchev–Trinajstić information content (AvgIpc) is 3.06. The van der Waals surface area contributed by atoms with E-state index in [0.29, 0.717) is 32.9 Å². The molecule has 0 aliphatic carbocycles. The highest BCUT2D eigenvalue weighted by Gasteiger charge is 2.08. The maximum Gasteiger partial charge on any atom is 0.191 e. The third kappa shape index (κ3) is 9.42. The fourth-order valence-electron chi connectivity index (χ4n) is 2.77. The van der Waals surface area contributed by atoms with Crippen LogP contribution in [0.4, 0.5) is 0 Å². The van der Waals surface area contributed by atoms with Gasteiger partial charge in [-0.3, -0.25) is 0 Å². The number of hydrogen-bond acceptors (Lipinski definition) is 5. The number of guanidine groups is 1. The Morgan fingerprint density at radius 1 is 1.13 bits per heavy atom. The number of benzene rings is 1. The molecule has 31 heavy (non-hydrogen) atoms. The Labute approximate surface area is 203 Å². The molecule has 9 heteroatoms. The third-order valence-electron chi connectivity index (χ3n) is 4.74. The molecule has 1 aromatic carbocycles.